The summed E-state index contributed by atoms with van der Waals surface area (Å²) >= 11 is 12.1. The molecule has 0 aromatic heterocycles. The second-order valence-corrected chi connectivity index (χ2v) is 7.08. The van der Waals surface area contributed by atoms with E-state index in [0.29, 0.717) is 34.7 Å². The summed E-state index contributed by atoms with van der Waals surface area (Å²) in [5.74, 6) is 1.41. The van der Waals surface area contributed by atoms with Gasteiger partial charge < -0.3 is 14.8 Å². The third kappa shape index (κ3) is 5.31. The topological polar surface area (TPSA) is 30.5 Å². The van der Waals surface area contributed by atoms with Crippen molar-refractivity contribution in [2.45, 2.75) is 20.1 Å². The highest BCUT2D eigenvalue weighted by atomic mass is 35.5. The minimum atomic E-state index is 0.496. The summed E-state index contributed by atoms with van der Waals surface area (Å²) in [5.41, 5.74) is 4.23. The quantitative estimate of drug-likeness (QED) is 0.489. The highest BCUT2D eigenvalue weighted by Crippen LogP contribution is 2.30. The van der Waals surface area contributed by atoms with E-state index in [-0.39, 0.29) is 0 Å². The Morgan fingerprint density at radius 2 is 1.74 bits per heavy atom. The molecule has 140 valence electrons. The van der Waals surface area contributed by atoms with E-state index < -0.39 is 0 Å². The maximum Gasteiger partial charge on any atom is 0.161 e. The first-order valence-electron chi connectivity index (χ1n) is 8.59. The van der Waals surface area contributed by atoms with Gasteiger partial charge in [-0.3, -0.25) is 0 Å². The average Bonchev–Trinajstić information content (AvgIpc) is 2.66. The van der Waals surface area contributed by atoms with Gasteiger partial charge in [0.2, 0.25) is 0 Å². The number of methoxy groups -OCH3 is 1. The summed E-state index contributed by atoms with van der Waals surface area (Å²) in [6, 6.07) is 19.5. The fourth-order valence-electron chi connectivity index (χ4n) is 2.73. The summed E-state index contributed by atoms with van der Waals surface area (Å²) < 4.78 is 11.4. The average molecular weight is 402 g/mol. The maximum absolute atomic E-state index is 6.20. The predicted octanol–water partition coefficient (Wildman–Crippen LogP) is 6.50. The van der Waals surface area contributed by atoms with E-state index in [1.165, 1.54) is 5.56 Å². The van der Waals surface area contributed by atoms with Crippen LogP contribution in [0.5, 0.6) is 11.5 Å². The molecule has 0 atom stereocenters. The van der Waals surface area contributed by atoms with Crippen LogP contribution in [-0.4, -0.2) is 7.11 Å². The number of nitrogens with one attached hydrogen (secondary N) is 1. The number of hydrogen-bond acceptors (Lipinski definition) is 3. The molecule has 0 aliphatic rings. The molecule has 0 bridgehead atoms. The number of ether oxygens (including phenoxy) is 2. The van der Waals surface area contributed by atoms with E-state index in [1.807, 2.05) is 36.4 Å². The molecule has 0 aliphatic carbocycles. The molecule has 0 amide bonds. The predicted molar refractivity (Wildman–Crippen MR) is 112 cm³/mol. The lowest BCUT2D eigenvalue weighted by atomic mass is 10.1. The number of benzene rings is 3. The van der Waals surface area contributed by atoms with Crippen LogP contribution in [0.1, 0.15) is 16.7 Å². The van der Waals surface area contributed by atoms with Gasteiger partial charge in [0.15, 0.2) is 11.5 Å². The molecular formula is C22H21Cl2NO2. The van der Waals surface area contributed by atoms with Crippen LogP contribution in [0.15, 0.2) is 60.7 Å². The molecular weight excluding hydrogens is 381 g/mol. The van der Waals surface area contributed by atoms with Crippen LogP contribution in [0.2, 0.25) is 10.0 Å². The van der Waals surface area contributed by atoms with Gasteiger partial charge in [-0.05, 0) is 48.4 Å². The molecule has 3 rings (SSSR count). The van der Waals surface area contributed by atoms with Crippen molar-refractivity contribution < 1.29 is 9.47 Å². The third-order valence-electron chi connectivity index (χ3n) is 4.12. The zero-order valence-electron chi connectivity index (χ0n) is 15.3. The molecule has 1 N–H and O–H groups in total. The molecule has 3 aromatic carbocycles. The minimum absolute atomic E-state index is 0.496. The summed E-state index contributed by atoms with van der Waals surface area (Å²) in [6.07, 6.45) is 0. The van der Waals surface area contributed by atoms with Crippen LogP contribution in [0.25, 0.3) is 0 Å². The molecule has 0 aliphatic heterocycles. The van der Waals surface area contributed by atoms with Crippen molar-refractivity contribution in [3.8, 4) is 11.5 Å². The molecule has 0 saturated carbocycles. The summed E-state index contributed by atoms with van der Waals surface area (Å²) in [5, 5.41) is 4.51. The van der Waals surface area contributed by atoms with E-state index in [9.17, 15) is 0 Å². The Morgan fingerprint density at radius 1 is 0.889 bits per heavy atom. The standard InChI is InChI=1S/C22H21Cl2NO2/c1-15-4-3-5-17(10-15)14-27-21-9-6-16(11-22(21)26-2)13-25-20-8-7-18(23)12-19(20)24/h3-12,25H,13-14H2,1-2H3. The van der Waals surface area contributed by atoms with Gasteiger partial charge in [-0.1, -0.05) is 59.1 Å². The smallest absolute Gasteiger partial charge is 0.161 e. The van der Waals surface area contributed by atoms with Crippen LogP contribution in [0.4, 0.5) is 5.69 Å². The molecule has 0 heterocycles. The number of rotatable bonds is 7. The summed E-state index contributed by atoms with van der Waals surface area (Å²) in [6.45, 7) is 3.17. The first-order chi connectivity index (χ1) is 13.0. The van der Waals surface area contributed by atoms with E-state index in [2.05, 4.69) is 24.4 Å². The molecule has 0 unspecified atom stereocenters. The van der Waals surface area contributed by atoms with Crippen LogP contribution in [0.3, 0.4) is 0 Å². The monoisotopic (exact) mass is 401 g/mol. The highest BCUT2D eigenvalue weighted by molar-refractivity contribution is 6.36. The number of anilines is 1. The Bertz CT molecular complexity index is 928. The fraction of sp³-hybridized carbons (Fsp3) is 0.182. The summed E-state index contributed by atoms with van der Waals surface area (Å²) in [4.78, 5) is 0. The molecule has 0 fully saturated rings. The minimum Gasteiger partial charge on any atom is -0.493 e. The van der Waals surface area contributed by atoms with Gasteiger partial charge in [-0.15, -0.1) is 0 Å². The lowest BCUT2D eigenvalue weighted by Crippen LogP contribution is -2.02. The van der Waals surface area contributed by atoms with Crippen LogP contribution >= 0.6 is 23.2 Å². The molecule has 0 radical (unpaired) electrons. The zero-order valence-corrected chi connectivity index (χ0v) is 16.8. The Morgan fingerprint density at radius 3 is 2.48 bits per heavy atom. The van der Waals surface area contributed by atoms with Crippen molar-refractivity contribution in [3.05, 3.63) is 87.4 Å². The molecule has 0 spiro atoms. The molecule has 3 nitrogen and oxygen atoms in total. The lowest BCUT2D eigenvalue weighted by Gasteiger charge is -2.14. The molecule has 3 aromatic rings. The normalized spacial score (nSPS) is 10.5. The van der Waals surface area contributed by atoms with Crippen molar-refractivity contribution >= 4 is 28.9 Å². The van der Waals surface area contributed by atoms with Crippen molar-refractivity contribution in [2.75, 3.05) is 12.4 Å². The second kappa shape index (κ2) is 9.03. The molecule has 27 heavy (non-hydrogen) atoms. The lowest BCUT2D eigenvalue weighted by molar-refractivity contribution is 0.284. The van der Waals surface area contributed by atoms with Crippen molar-refractivity contribution in [1.29, 1.82) is 0 Å². The van der Waals surface area contributed by atoms with Crippen LogP contribution in [0, 0.1) is 6.92 Å². The highest BCUT2D eigenvalue weighted by Gasteiger charge is 2.08. The fourth-order valence-corrected chi connectivity index (χ4v) is 3.21. The molecule has 5 heteroatoms. The van der Waals surface area contributed by atoms with E-state index >= 15 is 0 Å². The van der Waals surface area contributed by atoms with Gasteiger partial charge >= 0.3 is 0 Å². The van der Waals surface area contributed by atoms with Crippen molar-refractivity contribution in [1.82, 2.24) is 0 Å². The zero-order chi connectivity index (χ0) is 19.2. The number of halogens is 2. The van der Waals surface area contributed by atoms with Crippen LogP contribution in [-0.2, 0) is 13.2 Å². The van der Waals surface area contributed by atoms with Gasteiger partial charge in [-0.2, -0.15) is 0 Å². The first kappa shape index (κ1) is 19.4. The first-order valence-corrected chi connectivity index (χ1v) is 9.35. The van der Waals surface area contributed by atoms with Crippen molar-refractivity contribution in [3.63, 3.8) is 0 Å². The van der Waals surface area contributed by atoms with E-state index in [4.69, 9.17) is 32.7 Å². The summed E-state index contributed by atoms with van der Waals surface area (Å²) in [7, 11) is 1.64. The van der Waals surface area contributed by atoms with Gasteiger partial charge in [0, 0.05) is 11.6 Å². The van der Waals surface area contributed by atoms with Crippen molar-refractivity contribution in [2.24, 2.45) is 0 Å². The Balaban J connectivity index is 1.66. The van der Waals surface area contributed by atoms with Crippen LogP contribution < -0.4 is 14.8 Å². The largest absolute Gasteiger partial charge is 0.493 e. The Labute approximate surface area is 169 Å². The maximum atomic E-state index is 6.20. The molecule has 0 saturated heterocycles. The SMILES string of the molecule is COc1cc(CNc2ccc(Cl)cc2Cl)ccc1OCc1cccc(C)c1. The number of hydrogen-bond donors (Lipinski definition) is 1. The second-order valence-electron chi connectivity index (χ2n) is 6.24. The van der Waals surface area contributed by atoms with Gasteiger partial charge in [-0.25, -0.2) is 0 Å². The van der Waals surface area contributed by atoms with E-state index in [0.717, 1.165) is 16.8 Å². The Hall–Kier alpha value is -2.36. The van der Waals surface area contributed by atoms with Gasteiger partial charge in [0.25, 0.3) is 0 Å². The Kier molecular flexibility index (Phi) is 6.49. The third-order valence-corrected chi connectivity index (χ3v) is 4.67. The van der Waals surface area contributed by atoms with Gasteiger partial charge in [0.1, 0.15) is 6.61 Å². The van der Waals surface area contributed by atoms with Gasteiger partial charge in [0.05, 0.1) is 17.8 Å². The van der Waals surface area contributed by atoms with E-state index in [1.54, 1.807) is 19.2 Å². The number of aryl methyl sites for hydroxylation is 1.